The molecule has 0 aromatic carbocycles. The molecule has 0 spiro atoms. The predicted molar refractivity (Wildman–Crippen MR) is 59.6 cm³/mol. The molecule has 1 saturated carbocycles. The SMILES string of the molecule is Cc1cc(CC(O)C2CCCC2)n(C)n1. The summed E-state index contributed by atoms with van der Waals surface area (Å²) < 4.78 is 1.88. The van der Waals surface area contributed by atoms with Crippen LogP contribution in [-0.4, -0.2) is 21.0 Å². The normalized spacial score (nSPS) is 19.7. The number of aliphatic hydroxyl groups excluding tert-OH is 1. The molecule has 1 aliphatic rings. The Kier molecular flexibility index (Phi) is 3.10. The molecule has 2 rings (SSSR count). The number of rotatable bonds is 3. The van der Waals surface area contributed by atoms with Gasteiger partial charge in [-0.1, -0.05) is 12.8 Å². The average molecular weight is 208 g/mol. The Morgan fingerprint density at radius 2 is 2.20 bits per heavy atom. The van der Waals surface area contributed by atoms with E-state index in [2.05, 4.69) is 11.2 Å². The topological polar surface area (TPSA) is 38.0 Å². The Labute approximate surface area is 91.1 Å². The minimum absolute atomic E-state index is 0.178. The third kappa shape index (κ3) is 2.40. The van der Waals surface area contributed by atoms with E-state index in [1.165, 1.54) is 25.7 Å². The lowest BCUT2D eigenvalue weighted by molar-refractivity contribution is 0.109. The molecule has 1 aromatic heterocycles. The van der Waals surface area contributed by atoms with Gasteiger partial charge in [0.25, 0.3) is 0 Å². The van der Waals surface area contributed by atoms with Crippen molar-refractivity contribution in [1.29, 1.82) is 0 Å². The average Bonchev–Trinajstić information content (AvgIpc) is 2.76. The molecular weight excluding hydrogens is 188 g/mol. The number of hydrogen-bond donors (Lipinski definition) is 1. The van der Waals surface area contributed by atoms with Gasteiger partial charge in [-0.15, -0.1) is 0 Å². The first-order valence-corrected chi connectivity index (χ1v) is 5.84. The van der Waals surface area contributed by atoms with Gasteiger partial charge in [-0.2, -0.15) is 5.10 Å². The lowest BCUT2D eigenvalue weighted by atomic mass is 9.97. The lowest BCUT2D eigenvalue weighted by Gasteiger charge is -2.17. The molecule has 0 bridgehead atoms. The first-order valence-electron chi connectivity index (χ1n) is 5.84. The molecule has 1 aliphatic carbocycles. The van der Waals surface area contributed by atoms with Crippen LogP contribution in [0, 0.1) is 12.8 Å². The summed E-state index contributed by atoms with van der Waals surface area (Å²) in [5.74, 6) is 0.514. The van der Waals surface area contributed by atoms with Gasteiger partial charge in [-0.3, -0.25) is 4.68 Å². The Hall–Kier alpha value is -0.830. The van der Waals surface area contributed by atoms with Crippen LogP contribution < -0.4 is 0 Å². The number of aliphatic hydroxyl groups is 1. The molecule has 0 aliphatic heterocycles. The van der Waals surface area contributed by atoms with E-state index in [-0.39, 0.29) is 6.10 Å². The van der Waals surface area contributed by atoms with Crippen LogP contribution in [0.5, 0.6) is 0 Å². The Morgan fingerprint density at radius 1 is 1.53 bits per heavy atom. The molecule has 0 amide bonds. The highest BCUT2D eigenvalue weighted by molar-refractivity contribution is 5.09. The molecule has 1 aromatic rings. The maximum Gasteiger partial charge on any atom is 0.0623 e. The second-order valence-corrected chi connectivity index (χ2v) is 4.72. The quantitative estimate of drug-likeness (QED) is 0.823. The number of nitrogens with zero attached hydrogens (tertiary/aromatic N) is 2. The van der Waals surface area contributed by atoms with Crippen LogP contribution in [0.4, 0.5) is 0 Å². The van der Waals surface area contributed by atoms with Crippen LogP contribution in [0.3, 0.4) is 0 Å². The van der Waals surface area contributed by atoms with Crippen molar-refractivity contribution in [3.8, 4) is 0 Å². The Morgan fingerprint density at radius 3 is 2.73 bits per heavy atom. The van der Waals surface area contributed by atoms with Gasteiger partial charge in [0, 0.05) is 19.2 Å². The molecule has 0 saturated heterocycles. The zero-order valence-electron chi connectivity index (χ0n) is 9.61. The van der Waals surface area contributed by atoms with Crippen molar-refractivity contribution in [2.75, 3.05) is 0 Å². The van der Waals surface area contributed by atoms with Gasteiger partial charge in [0.15, 0.2) is 0 Å². The molecule has 84 valence electrons. The van der Waals surface area contributed by atoms with Crippen LogP contribution in [0.15, 0.2) is 6.07 Å². The maximum atomic E-state index is 10.1. The summed E-state index contributed by atoms with van der Waals surface area (Å²) in [5, 5.41) is 14.4. The molecule has 1 fully saturated rings. The minimum Gasteiger partial charge on any atom is -0.392 e. The lowest BCUT2D eigenvalue weighted by Crippen LogP contribution is -2.21. The van der Waals surface area contributed by atoms with E-state index >= 15 is 0 Å². The summed E-state index contributed by atoms with van der Waals surface area (Å²) in [4.78, 5) is 0. The second kappa shape index (κ2) is 4.35. The number of aryl methyl sites for hydroxylation is 2. The molecule has 0 radical (unpaired) electrons. The van der Waals surface area contributed by atoms with E-state index in [0.717, 1.165) is 17.8 Å². The molecule has 3 heteroatoms. The van der Waals surface area contributed by atoms with Crippen molar-refractivity contribution in [2.24, 2.45) is 13.0 Å². The molecule has 1 heterocycles. The van der Waals surface area contributed by atoms with Crippen LogP contribution >= 0.6 is 0 Å². The highest BCUT2D eigenvalue weighted by Crippen LogP contribution is 2.29. The largest absolute Gasteiger partial charge is 0.392 e. The monoisotopic (exact) mass is 208 g/mol. The molecule has 3 nitrogen and oxygen atoms in total. The van der Waals surface area contributed by atoms with Gasteiger partial charge in [0.1, 0.15) is 0 Å². The van der Waals surface area contributed by atoms with Gasteiger partial charge < -0.3 is 5.11 Å². The standard InChI is InChI=1S/C12H20N2O/c1-9-7-11(14(2)13-9)8-12(15)10-5-3-4-6-10/h7,10,12,15H,3-6,8H2,1-2H3. The predicted octanol–water partition coefficient (Wildman–Crippen LogP) is 1.82. The van der Waals surface area contributed by atoms with Gasteiger partial charge in [0.2, 0.25) is 0 Å². The molecule has 1 N–H and O–H groups in total. The number of hydrogen-bond acceptors (Lipinski definition) is 2. The van der Waals surface area contributed by atoms with Crippen molar-refractivity contribution in [1.82, 2.24) is 9.78 Å². The van der Waals surface area contributed by atoms with Crippen LogP contribution in [-0.2, 0) is 13.5 Å². The van der Waals surface area contributed by atoms with Crippen molar-refractivity contribution in [3.05, 3.63) is 17.5 Å². The fraction of sp³-hybridized carbons (Fsp3) is 0.750. The summed E-state index contributed by atoms with van der Waals surface area (Å²) in [7, 11) is 1.95. The summed E-state index contributed by atoms with van der Waals surface area (Å²) >= 11 is 0. The van der Waals surface area contributed by atoms with Gasteiger partial charge in [0.05, 0.1) is 11.8 Å². The van der Waals surface area contributed by atoms with Crippen LogP contribution in [0.25, 0.3) is 0 Å². The maximum absolute atomic E-state index is 10.1. The summed E-state index contributed by atoms with van der Waals surface area (Å²) in [6.07, 6.45) is 5.53. The van der Waals surface area contributed by atoms with Crippen molar-refractivity contribution in [3.63, 3.8) is 0 Å². The fourth-order valence-corrected chi connectivity index (χ4v) is 2.58. The first kappa shape index (κ1) is 10.7. The highest BCUT2D eigenvalue weighted by Gasteiger charge is 2.24. The van der Waals surface area contributed by atoms with E-state index in [9.17, 15) is 5.11 Å². The van der Waals surface area contributed by atoms with Gasteiger partial charge >= 0.3 is 0 Å². The van der Waals surface area contributed by atoms with Crippen LogP contribution in [0.2, 0.25) is 0 Å². The number of aromatic nitrogens is 2. The van der Waals surface area contributed by atoms with Crippen molar-refractivity contribution in [2.45, 2.75) is 45.1 Å². The molecular formula is C12H20N2O. The van der Waals surface area contributed by atoms with Gasteiger partial charge in [-0.05, 0) is 31.7 Å². The second-order valence-electron chi connectivity index (χ2n) is 4.72. The summed E-state index contributed by atoms with van der Waals surface area (Å²) in [6.45, 7) is 1.99. The Bertz CT molecular complexity index is 326. The first-order chi connectivity index (χ1) is 7.16. The van der Waals surface area contributed by atoms with Crippen LogP contribution in [0.1, 0.15) is 37.1 Å². The van der Waals surface area contributed by atoms with E-state index in [1.807, 2.05) is 18.7 Å². The van der Waals surface area contributed by atoms with E-state index in [1.54, 1.807) is 0 Å². The van der Waals surface area contributed by atoms with Gasteiger partial charge in [-0.25, -0.2) is 0 Å². The smallest absolute Gasteiger partial charge is 0.0623 e. The highest BCUT2D eigenvalue weighted by atomic mass is 16.3. The van der Waals surface area contributed by atoms with E-state index in [0.29, 0.717) is 5.92 Å². The zero-order chi connectivity index (χ0) is 10.8. The van der Waals surface area contributed by atoms with Crippen molar-refractivity contribution >= 4 is 0 Å². The zero-order valence-corrected chi connectivity index (χ0v) is 9.61. The van der Waals surface area contributed by atoms with E-state index < -0.39 is 0 Å². The Balaban J connectivity index is 1.98. The summed E-state index contributed by atoms with van der Waals surface area (Å²) in [6, 6.07) is 2.07. The third-order valence-electron chi connectivity index (χ3n) is 3.46. The molecule has 15 heavy (non-hydrogen) atoms. The fourth-order valence-electron chi connectivity index (χ4n) is 2.58. The minimum atomic E-state index is -0.178. The molecule has 1 unspecified atom stereocenters. The van der Waals surface area contributed by atoms with Crippen molar-refractivity contribution < 1.29 is 5.11 Å². The summed E-state index contributed by atoms with van der Waals surface area (Å²) in [5.41, 5.74) is 2.18. The third-order valence-corrected chi connectivity index (χ3v) is 3.46. The molecule has 1 atom stereocenters. The van der Waals surface area contributed by atoms with E-state index in [4.69, 9.17) is 0 Å².